The summed E-state index contributed by atoms with van der Waals surface area (Å²) in [6.07, 6.45) is 3.95. The summed E-state index contributed by atoms with van der Waals surface area (Å²) in [7, 11) is 0. The van der Waals surface area contributed by atoms with Crippen LogP contribution in [0.2, 0.25) is 0 Å². The van der Waals surface area contributed by atoms with Gasteiger partial charge >= 0.3 is 0 Å². The molecule has 130 valence electrons. The van der Waals surface area contributed by atoms with E-state index >= 15 is 0 Å². The van der Waals surface area contributed by atoms with E-state index in [4.69, 9.17) is 9.47 Å². The van der Waals surface area contributed by atoms with Gasteiger partial charge in [-0.3, -0.25) is 4.79 Å². The predicted octanol–water partition coefficient (Wildman–Crippen LogP) is 2.52. The van der Waals surface area contributed by atoms with E-state index in [0.29, 0.717) is 26.2 Å². The van der Waals surface area contributed by atoms with Crippen LogP contribution in [0.25, 0.3) is 0 Å². The van der Waals surface area contributed by atoms with Gasteiger partial charge in [0.25, 0.3) is 5.91 Å². The van der Waals surface area contributed by atoms with E-state index in [-0.39, 0.29) is 22.9 Å². The van der Waals surface area contributed by atoms with Crippen molar-refractivity contribution in [2.24, 2.45) is 0 Å². The standard InChI is InChI=1S/C17H29N3O3/c1-13-11-19-14(20-12-13)15(21)18-8-7-17(5,6)23-10-9-22-16(2,3)4/h11-12H,7-10H2,1-6H3,(H,18,21). The third-order valence-electron chi connectivity index (χ3n) is 3.11. The van der Waals surface area contributed by atoms with Crippen molar-refractivity contribution in [2.75, 3.05) is 19.8 Å². The van der Waals surface area contributed by atoms with E-state index in [1.807, 2.05) is 41.5 Å². The summed E-state index contributed by atoms with van der Waals surface area (Å²) < 4.78 is 11.4. The second-order valence-corrected chi connectivity index (χ2v) is 7.16. The highest BCUT2D eigenvalue weighted by atomic mass is 16.5. The number of ether oxygens (including phenoxy) is 2. The molecule has 1 amide bonds. The molecule has 1 rings (SSSR count). The molecular weight excluding hydrogens is 294 g/mol. The molecule has 0 saturated heterocycles. The van der Waals surface area contributed by atoms with Crippen LogP contribution in [-0.4, -0.2) is 46.8 Å². The van der Waals surface area contributed by atoms with Gasteiger partial charge in [0.1, 0.15) is 0 Å². The molecular formula is C17H29N3O3. The Hall–Kier alpha value is -1.53. The van der Waals surface area contributed by atoms with Crippen LogP contribution >= 0.6 is 0 Å². The van der Waals surface area contributed by atoms with E-state index in [0.717, 1.165) is 5.56 Å². The zero-order valence-electron chi connectivity index (χ0n) is 15.1. The minimum atomic E-state index is -0.331. The maximum Gasteiger partial charge on any atom is 0.289 e. The average molecular weight is 323 g/mol. The third-order valence-corrected chi connectivity index (χ3v) is 3.11. The van der Waals surface area contributed by atoms with Crippen molar-refractivity contribution in [2.45, 2.75) is 59.2 Å². The molecule has 0 saturated carbocycles. The van der Waals surface area contributed by atoms with Crippen molar-refractivity contribution < 1.29 is 14.3 Å². The van der Waals surface area contributed by atoms with Gasteiger partial charge in [-0.15, -0.1) is 0 Å². The normalized spacial score (nSPS) is 12.3. The maximum atomic E-state index is 11.9. The van der Waals surface area contributed by atoms with E-state index < -0.39 is 0 Å². The van der Waals surface area contributed by atoms with Crippen LogP contribution in [0.15, 0.2) is 12.4 Å². The van der Waals surface area contributed by atoms with Crippen LogP contribution in [0, 0.1) is 6.92 Å². The minimum Gasteiger partial charge on any atom is -0.373 e. The number of hydrogen-bond acceptors (Lipinski definition) is 5. The number of nitrogens with zero attached hydrogens (tertiary/aromatic N) is 2. The van der Waals surface area contributed by atoms with Gasteiger partial charge in [0, 0.05) is 18.9 Å². The summed E-state index contributed by atoms with van der Waals surface area (Å²) in [6.45, 7) is 13.5. The van der Waals surface area contributed by atoms with Crippen molar-refractivity contribution in [1.82, 2.24) is 15.3 Å². The molecule has 0 unspecified atom stereocenters. The number of rotatable bonds is 8. The third kappa shape index (κ3) is 8.62. The zero-order chi connectivity index (χ0) is 17.5. The number of hydrogen-bond donors (Lipinski definition) is 1. The molecule has 0 aliphatic carbocycles. The van der Waals surface area contributed by atoms with Crippen LogP contribution in [0.4, 0.5) is 0 Å². The molecule has 1 aromatic rings. The second kappa shape index (κ2) is 8.36. The summed E-state index contributed by atoms with van der Waals surface area (Å²) >= 11 is 0. The van der Waals surface area contributed by atoms with Gasteiger partial charge in [0.2, 0.25) is 5.82 Å². The molecule has 0 atom stereocenters. The summed E-state index contributed by atoms with van der Waals surface area (Å²) in [4.78, 5) is 19.9. The van der Waals surface area contributed by atoms with Crippen LogP contribution in [0.5, 0.6) is 0 Å². The second-order valence-electron chi connectivity index (χ2n) is 7.16. The Bertz CT molecular complexity index is 493. The van der Waals surface area contributed by atoms with Crippen molar-refractivity contribution in [1.29, 1.82) is 0 Å². The van der Waals surface area contributed by atoms with Crippen LogP contribution < -0.4 is 5.32 Å². The van der Waals surface area contributed by atoms with Gasteiger partial charge in [-0.05, 0) is 53.5 Å². The number of carbonyl (C=O) groups excluding carboxylic acids is 1. The van der Waals surface area contributed by atoms with E-state index in [1.54, 1.807) is 12.4 Å². The van der Waals surface area contributed by atoms with Gasteiger partial charge in [-0.2, -0.15) is 0 Å². The van der Waals surface area contributed by atoms with Crippen LogP contribution in [0.1, 0.15) is 57.2 Å². The minimum absolute atomic E-state index is 0.157. The van der Waals surface area contributed by atoms with Crippen LogP contribution in [-0.2, 0) is 9.47 Å². The number of nitrogens with one attached hydrogen (secondary N) is 1. The topological polar surface area (TPSA) is 73.3 Å². The number of aromatic nitrogens is 2. The number of aryl methyl sites for hydroxylation is 1. The fraction of sp³-hybridized carbons (Fsp3) is 0.706. The Labute approximate surface area is 139 Å². The Morgan fingerprint density at radius 1 is 1.09 bits per heavy atom. The molecule has 0 fully saturated rings. The summed E-state index contributed by atoms with van der Waals surface area (Å²) in [5, 5.41) is 2.81. The zero-order valence-corrected chi connectivity index (χ0v) is 15.1. The molecule has 0 spiro atoms. The maximum absolute atomic E-state index is 11.9. The van der Waals surface area contributed by atoms with Crippen molar-refractivity contribution in [3.05, 3.63) is 23.8 Å². The van der Waals surface area contributed by atoms with Gasteiger partial charge < -0.3 is 14.8 Å². The van der Waals surface area contributed by atoms with Crippen molar-refractivity contribution in [3.63, 3.8) is 0 Å². The lowest BCUT2D eigenvalue weighted by atomic mass is 10.1. The first-order valence-corrected chi connectivity index (χ1v) is 7.94. The summed E-state index contributed by atoms with van der Waals surface area (Å²) in [5.74, 6) is -0.0789. The lowest BCUT2D eigenvalue weighted by Crippen LogP contribution is -2.34. The molecule has 0 aliphatic rings. The highest BCUT2D eigenvalue weighted by Crippen LogP contribution is 2.14. The molecule has 0 aromatic carbocycles. The predicted molar refractivity (Wildman–Crippen MR) is 89.5 cm³/mol. The molecule has 0 aliphatic heterocycles. The molecule has 23 heavy (non-hydrogen) atoms. The van der Waals surface area contributed by atoms with Crippen molar-refractivity contribution in [3.8, 4) is 0 Å². The molecule has 1 heterocycles. The Balaban J connectivity index is 2.27. The molecule has 1 N–H and O–H groups in total. The van der Waals surface area contributed by atoms with E-state index in [9.17, 15) is 4.79 Å². The number of amides is 1. The summed E-state index contributed by atoms with van der Waals surface area (Å²) in [5.41, 5.74) is 0.437. The van der Waals surface area contributed by atoms with Crippen molar-refractivity contribution >= 4 is 5.91 Å². The molecule has 0 bridgehead atoms. The first-order valence-electron chi connectivity index (χ1n) is 7.94. The Morgan fingerprint density at radius 3 is 2.22 bits per heavy atom. The highest BCUT2D eigenvalue weighted by molar-refractivity contribution is 5.90. The molecule has 1 aromatic heterocycles. The molecule has 6 heteroatoms. The quantitative estimate of drug-likeness (QED) is 0.744. The van der Waals surface area contributed by atoms with E-state index in [2.05, 4.69) is 15.3 Å². The first kappa shape index (κ1) is 19.5. The average Bonchev–Trinajstić information content (AvgIpc) is 2.43. The Kier molecular flexibility index (Phi) is 7.09. The summed E-state index contributed by atoms with van der Waals surface area (Å²) in [6, 6.07) is 0. The molecule has 0 radical (unpaired) electrons. The lowest BCUT2D eigenvalue weighted by molar-refractivity contribution is -0.0804. The first-order chi connectivity index (χ1) is 10.6. The number of carbonyl (C=O) groups is 1. The smallest absolute Gasteiger partial charge is 0.289 e. The van der Waals surface area contributed by atoms with Gasteiger partial charge in [0.05, 0.1) is 24.4 Å². The highest BCUT2D eigenvalue weighted by Gasteiger charge is 2.19. The molecule has 6 nitrogen and oxygen atoms in total. The van der Waals surface area contributed by atoms with Crippen LogP contribution in [0.3, 0.4) is 0 Å². The van der Waals surface area contributed by atoms with Gasteiger partial charge in [-0.1, -0.05) is 0 Å². The fourth-order valence-electron chi connectivity index (χ4n) is 1.80. The lowest BCUT2D eigenvalue weighted by Gasteiger charge is -2.27. The van der Waals surface area contributed by atoms with Gasteiger partial charge in [-0.25, -0.2) is 9.97 Å². The Morgan fingerprint density at radius 2 is 1.65 bits per heavy atom. The fourth-order valence-corrected chi connectivity index (χ4v) is 1.80. The van der Waals surface area contributed by atoms with E-state index in [1.165, 1.54) is 0 Å². The van der Waals surface area contributed by atoms with Gasteiger partial charge in [0.15, 0.2) is 0 Å². The largest absolute Gasteiger partial charge is 0.373 e. The monoisotopic (exact) mass is 323 g/mol. The SMILES string of the molecule is Cc1cnc(C(=O)NCCC(C)(C)OCCOC(C)(C)C)nc1.